The highest BCUT2D eigenvalue weighted by Gasteiger charge is 2.33. The number of nitrogens with one attached hydrogen (secondary N) is 1. The fraction of sp³-hybridized carbons (Fsp3) is 0.312. The Labute approximate surface area is 142 Å². The number of aromatic amines is 1. The van der Waals surface area contributed by atoms with Crippen LogP contribution in [-0.2, 0) is 0 Å². The number of aryl methyl sites for hydroxylation is 1. The van der Waals surface area contributed by atoms with Crippen LogP contribution in [0.1, 0.15) is 40.9 Å². The van der Waals surface area contributed by atoms with E-state index in [0.717, 1.165) is 18.4 Å². The van der Waals surface area contributed by atoms with Gasteiger partial charge in [-0.15, -0.1) is 5.10 Å². The van der Waals surface area contributed by atoms with Crippen LogP contribution in [0.25, 0.3) is 5.95 Å². The van der Waals surface area contributed by atoms with Gasteiger partial charge < -0.3 is 4.90 Å². The summed E-state index contributed by atoms with van der Waals surface area (Å²) in [6, 6.07) is 6.20. The third-order valence-corrected chi connectivity index (χ3v) is 4.31. The molecular weight excluding hydrogens is 325 g/mol. The molecule has 25 heavy (non-hydrogen) atoms. The fourth-order valence-electron chi connectivity index (χ4n) is 3.18. The number of hydrogen-bond acceptors (Lipinski definition) is 5. The Morgan fingerprint density at radius 3 is 3.04 bits per heavy atom. The van der Waals surface area contributed by atoms with Crippen molar-refractivity contribution in [3.63, 3.8) is 0 Å². The van der Waals surface area contributed by atoms with Gasteiger partial charge in [-0.2, -0.15) is 14.8 Å². The van der Waals surface area contributed by atoms with E-state index in [0.29, 0.717) is 18.3 Å². The number of hydrogen-bond donors (Lipinski definition) is 1. The first-order chi connectivity index (χ1) is 12.1. The Bertz CT molecular complexity index is 905. The minimum absolute atomic E-state index is 0.0946. The van der Waals surface area contributed by atoms with Crippen LogP contribution < -0.4 is 0 Å². The number of H-pyrrole nitrogens is 1. The number of halogens is 1. The normalized spacial score (nSPS) is 17.2. The van der Waals surface area contributed by atoms with Crippen LogP contribution in [0.2, 0.25) is 0 Å². The second kappa shape index (κ2) is 6.08. The zero-order valence-corrected chi connectivity index (χ0v) is 13.6. The topological polar surface area (TPSA) is 92.6 Å². The molecule has 128 valence electrons. The first-order valence-electron chi connectivity index (χ1n) is 7.99. The molecule has 1 aliphatic heterocycles. The van der Waals surface area contributed by atoms with Gasteiger partial charge in [0.25, 0.3) is 5.91 Å². The van der Waals surface area contributed by atoms with Gasteiger partial charge in [-0.25, -0.2) is 14.5 Å². The molecule has 1 aromatic carbocycles. The Morgan fingerprint density at radius 2 is 2.28 bits per heavy atom. The van der Waals surface area contributed by atoms with Crippen LogP contribution in [-0.4, -0.2) is 47.3 Å². The number of benzene rings is 1. The average molecular weight is 341 g/mol. The molecule has 1 fully saturated rings. The van der Waals surface area contributed by atoms with Gasteiger partial charge in [-0.3, -0.25) is 4.79 Å². The van der Waals surface area contributed by atoms with Crippen LogP contribution in [0.15, 0.2) is 30.6 Å². The van der Waals surface area contributed by atoms with E-state index < -0.39 is 0 Å². The molecule has 3 heterocycles. The monoisotopic (exact) mass is 341 g/mol. The van der Waals surface area contributed by atoms with E-state index >= 15 is 0 Å². The smallest absolute Gasteiger partial charge is 0.294 e. The van der Waals surface area contributed by atoms with Crippen molar-refractivity contribution in [2.45, 2.75) is 25.8 Å². The van der Waals surface area contributed by atoms with Gasteiger partial charge in [0.1, 0.15) is 18.0 Å². The Balaban J connectivity index is 1.63. The van der Waals surface area contributed by atoms with Gasteiger partial charge in [-0.05, 0) is 37.5 Å². The van der Waals surface area contributed by atoms with Crippen molar-refractivity contribution in [2.24, 2.45) is 0 Å². The number of aromatic nitrogens is 6. The van der Waals surface area contributed by atoms with E-state index in [2.05, 4.69) is 25.3 Å². The lowest BCUT2D eigenvalue weighted by atomic mass is 10.0. The van der Waals surface area contributed by atoms with Crippen LogP contribution >= 0.6 is 0 Å². The molecule has 1 saturated heterocycles. The minimum atomic E-state index is -0.305. The van der Waals surface area contributed by atoms with Crippen molar-refractivity contribution in [1.82, 2.24) is 34.8 Å². The van der Waals surface area contributed by atoms with Crippen molar-refractivity contribution in [3.05, 3.63) is 53.6 Å². The van der Waals surface area contributed by atoms with E-state index in [9.17, 15) is 9.18 Å². The predicted octanol–water partition coefficient (Wildman–Crippen LogP) is 1.81. The maximum absolute atomic E-state index is 13.5. The summed E-state index contributed by atoms with van der Waals surface area (Å²) in [5.74, 6) is 0.444. The van der Waals surface area contributed by atoms with Crippen molar-refractivity contribution < 1.29 is 9.18 Å². The second-order valence-electron chi connectivity index (χ2n) is 5.92. The molecule has 2 aromatic heterocycles. The van der Waals surface area contributed by atoms with Crippen molar-refractivity contribution in [3.8, 4) is 5.95 Å². The molecule has 0 aliphatic carbocycles. The third-order valence-electron chi connectivity index (χ3n) is 4.31. The minimum Gasteiger partial charge on any atom is -0.329 e. The summed E-state index contributed by atoms with van der Waals surface area (Å²) < 4.78 is 15.0. The zero-order chi connectivity index (χ0) is 17.4. The lowest BCUT2D eigenvalue weighted by Crippen LogP contribution is -2.31. The summed E-state index contributed by atoms with van der Waals surface area (Å²) in [4.78, 5) is 22.9. The summed E-state index contributed by atoms with van der Waals surface area (Å²) in [7, 11) is 0. The number of likely N-dealkylation sites (tertiary alicyclic amines) is 1. The molecule has 1 atom stereocenters. The lowest BCUT2D eigenvalue weighted by Gasteiger charge is -2.23. The number of carbonyl (C=O) groups is 1. The van der Waals surface area contributed by atoms with E-state index in [-0.39, 0.29) is 23.6 Å². The molecule has 1 unspecified atom stereocenters. The maximum Gasteiger partial charge on any atom is 0.294 e. The quantitative estimate of drug-likeness (QED) is 0.784. The molecule has 1 N–H and O–H groups in total. The highest BCUT2D eigenvalue weighted by Crippen LogP contribution is 2.33. The van der Waals surface area contributed by atoms with Crippen LogP contribution in [0.5, 0.6) is 0 Å². The number of rotatable bonds is 3. The first kappa shape index (κ1) is 15.4. The fourth-order valence-corrected chi connectivity index (χ4v) is 3.18. The van der Waals surface area contributed by atoms with Gasteiger partial charge in [-0.1, -0.05) is 12.1 Å². The van der Waals surface area contributed by atoms with E-state index in [1.165, 1.54) is 23.1 Å². The molecule has 0 saturated carbocycles. The summed E-state index contributed by atoms with van der Waals surface area (Å²) in [6.07, 6.45) is 3.00. The van der Waals surface area contributed by atoms with E-state index in [4.69, 9.17) is 0 Å². The molecule has 4 rings (SSSR count). The van der Waals surface area contributed by atoms with Crippen LogP contribution in [0.4, 0.5) is 4.39 Å². The SMILES string of the molecule is Cc1nc(C(=O)N2CCCC2c2cccc(F)c2)nn1-c1ncn[nH]1. The molecule has 8 nitrogen and oxygen atoms in total. The largest absolute Gasteiger partial charge is 0.329 e. The van der Waals surface area contributed by atoms with Gasteiger partial charge in [0.2, 0.25) is 11.8 Å². The molecule has 0 spiro atoms. The first-order valence-corrected chi connectivity index (χ1v) is 7.99. The lowest BCUT2D eigenvalue weighted by molar-refractivity contribution is 0.0723. The predicted molar refractivity (Wildman–Crippen MR) is 85.4 cm³/mol. The average Bonchev–Trinajstić information content (AvgIpc) is 3.34. The summed E-state index contributed by atoms with van der Waals surface area (Å²) in [6.45, 7) is 2.33. The highest BCUT2D eigenvalue weighted by molar-refractivity contribution is 5.91. The van der Waals surface area contributed by atoms with Crippen molar-refractivity contribution in [1.29, 1.82) is 0 Å². The van der Waals surface area contributed by atoms with Gasteiger partial charge >= 0.3 is 0 Å². The highest BCUT2D eigenvalue weighted by atomic mass is 19.1. The number of amides is 1. The Hall–Kier alpha value is -3.10. The number of carbonyl (C=O) groups excluding carboxylic acids is 1. The zero-order valence-electron chi connectivity index (χ0n) is 13.6. The van der Waals surface area contributed by atoms with E-state index in [1.54, 1.807) is 17.9 Å². The Kier molecular flexibility index (Phi) is 3.75. The van der Waals surface area contributed by atoms with Crippen molar-refractivity contribution in [2.75, 3.05) is 6.54 Å². The van der Waals surface area contributed by atoms with Gasteiger partial charge in [0, 0.05) is 6.54 Å². The molecule has 0 radical (unpaired) electrons. The molecular formula is C16H16FN7O. The molecule has 1 aliphatic rings. The van der Waals surface area contributed by atoms with Crippen molar-refractivity contribution >= 4 is 5.91 Å². The molecule has 0 bridgehead atoms. The Morgan fingerprint density at radius 1 is 1.40 bits per heavy atom. The second-order valence-corrected chi connectivity index (χ2v) is 5.92. The third kappa shape index (κ3) is 2.77. The molecule has 9 heteroatoms. The molecule has 3 aromatic rings. The number of nitrogens with zero attached hydrogens (tertiary/aromatic N) is 6. The summed E-state index contributed by atoms with van der Waals surface area (Å²) in [5.41, 5.74) is 0.789. The summed E-state index contributed by atoms with van der Waals surface area (Å²) >= 11 is 0. The van der Waals surface area contributed by atoms with Crippen LogP contribution in [0.3, 0.4) is 0 Å². The maximum atomic E-state index is 13.5. The standard InChI is InChI=1S/C16H16FN7O/c1-10-20-14(22-24(10)16-18-9-19-21-16)15(25)23-7-3-6-13(23)11-4-2-5-12(17)8-11/h2,4-5,8-9,13H,3,6-7H2,1H3,(H,18,19,21). The summed E-state index contributed by atoms with van der Waals surface area (Å²) in [5, 5.41) is 10.7. The van der Waals surface area contributed by atoms with Gasteiger partial charge in [0.15, 0.2) is 0 Å². The van der Waals surface area contributed by atoms with Crippen LogP contribution in [0, 0.1) is 12.7 Å². The van der Waals surface area contributed by atoms with Gasteiger partial charge in [0.05, 0.1) is 6.04 Å². The molecule has 1 amide bonds. The van der Waals surface area contributed by atoms with E-state index in [1.807, 2.05) is 6.07 Å².